The first-order valence-electron chi connectivity index (χ1n) is 7.32. The number of hydrogen-bond donors (Lipinski definition) is 2. The normalized spacial score (nSPS) is 24.3. The Balaban J connectivity index is 1.58. The quantitative estimate of drug-likeness (QED) is 0.794. The summed E-state index contributed by atoms with van der Waals surface area (Å²) in [7, 11) is 0. The van der Waals surface area contributed by atoms with Crippen molar-refractivity contribution < 1.29 is 9.84 Å². The van der Waals surface area contributed by atoms with Crippen LogP contribution in [0.25, 0.3) is 0 Å². The van der Waals surface area contributed by atoms with Crippen molar-refractivity contribution in [3.05, 3.63) is 30.3 Å². The average molecular weight is 263 g/mol. The Morgan fingerprint density at radius 1 is 1.32 bits per heavy atom. The van der Waals surface area contributed by atoms with Crippen molar-refractivity contribution in [3.8, 4) is 5.75 Å². The summed E-state index contributed by atoms with van der Waals surface area (Å²) in [5.41, 5.74) is 0. The van der Waals surface area contributed by atoms with E-state index in [0.29, 0.717) is 13.2 Å². The first kappa shape index (κ1) is 14.4. The van der Waals surface area contributed by atoms with Gasteiger partial charge in [-0.1, -0.05) is 38.0 Å². The lowest BCUT2D eigenvalue weighted by Crippen LogP contribution is -2.34. The molecule has 0 amide bonds. The molecule has 1 aromatic rings. The van der Waals surface area contributed by atoms with Crippen LogP contribution >= 0.6 is 0 Å². The highest BCUT2D eigenvalue weighted by molar-refractivity contribution is 5.20. The van der Waals surface area contributed by atoms with Crippen molar-refractivity contribution >= 4 is 0 Å². The molecule has 3 unspecified atom stereocenters. The molecule has 2 rings (SSSR count). The molecule has 1 fully saturated rings. The van der Waals surface area contributed by atoms with Gasteiger partial charge in [-0.3, -0.25) is 0 Å². The van der Waals surface area contributed by atoms with Crippen molar-refractivity contribution in [2.24, 2.45) is 11.8 Å². The van der Waals surface area contributed by atoms with Crippen LogP contribution in [0.15, 0.2) is 30.3 Å². The molecular weight excluding hydrogens is 238 g/mol. The van der Waals surface area contributed by atoms with Gasteiger partial charge in [0.05, 0.1) is 0 Å². The van der Waals surface area contributed by atoms with Gasteiger partial charge in [0.1, 0.15) is 18.5 Å². The molecule has 2 N–H and O–H groups in total. The van der Waals surface area contributed by atoms with E-state index in [1.807, 2.05) is 30.3 Å². The molecule has 0 aromatic heterocycles. The Hall–Kier alpha value is -1.06. The molecule has 3 nitrogen and oxygen atoms in total. The van der Waals surface area contributed by atoms with Crippen molar-refractivity contribution in [2.45, 2.75) is 32.3 Å². The van der Waals surface area contributed by atoms with Crippen molar-refractivity contribution in [2.75, 3.05) is 19.7 Å². The van der Waals surface area contributed by atoms with Crippen LogP contribution in [0.2, 0.25) is 0 Å². The van der Waals surface area contributed by atoms with Crippen LogP contribution in [0.1, 0.15) is 26.2 Å². The average Bonchev–Trinajstić information content (AvgIpc) is 2.83. The minimum absolute atomic E-state index is 0.344. The highest BCUT2D eigenvalue weighted by atomic mass is 16.5. The Bertz CT molecular complexity index is 355. The first-order chi connectivity index (χ1) is 9.25. The van der Waals surface area contributed by atoms with Gasteiger partial charge >= 0.3 is 0 Å². The molecule has 1 aromatic carbocycles. The summed E-state index contributed by atoms with van der Waals surface area (Å²) in [6.07, 6.45) is 3.58. The highest BCUT2D eigenvalue weighted by Gasteiger charge is 2.22. The van der Waals surface area contributed by atoms with Gasteiger partial charge in [0.2, 0.25) is 0 Å². The van der Waals surface area contributed by atoms with Gasteiger partial charge in [-0.05, 0) is 36.9 Å². The van der Waals surface area contributed by atoms with Gasteiger partial charge in [-0.25, -0.2) is 0 Å². The van der Waals surface area contributed by atoms with Gasteiger partial charge in [-0.15, -0.1) is 0 Å². The van der Waals surface area contributed by atoms with Crippen LogP contribution in [0.4, 0.5) is 0 Å². The predicted molar refractivity (Wildman–Crippen MR) is 77.3 cm³/mol. The molecule has 0 saturated heterocycles. The highest BCUT2D eigenvalue weighted by Crippen LogP contribution is 2.30. The number of aliphatic hydroxyl groups excluding tert-OH is 1. The summed E-state index contributed by atoms with van der Waals surface area (Å²) in [4.78, 5) is 0. The number of para-hydroxylation sites is 1. The monoisotopic (exact) mass is 263 g/mol. The van der Waals surface area contributed by atoms with Crippen LogP contribution in [-0.2, 0) is 0 Å². The van der Waals surface area contributed by atoms with E-state index >= 15 is 0 Å². The fourth-order valence-corrected chi connectivity index (χ4v) is 2.73. The zero-order chi connectivity index (χ0) is 13.5. The molecule has 0 bridgehead atoms. The molecule has 3 atom stereocenters. The third-order valence-corrected chi connectivity index (χ3v) is 4.01. The molecule has 3 heteroatoms. The molecule has 0 aliphatic heterocycles. The van der Waals surface area contributed by atoms with Crippen molar-refractivity contribution in [1.29, 1.82) is 0 Å². The van der Waals surface area contributed by atoms with Gasteiger partial charge < -0.3 is 15.2 Å². The van der Waals surface area contributed by atoms with E-state index in [1.165, 1.54) is 19.3 Å². The number of ether oxygens (including phenoxy) is 1. The molecule has 19 heavy (non-hydrogen) atoms. The summed E-state index contributed by atoms with van der Waals surface area (Å²) in [5, 5.41) is 13.2. The van der Waals surface area contributed by atoms with Gasteiger partial charge in [-0.2, -0.15) is 0 Å². The molecule has 1 aliphatic carbocycles. The van der Waals surface area contributed by atoms with E-state index in [1.54, 1.807) is 0 Å². The van der Waals surface area contributed by atoms with E-state index in [4.69, 9.17) is 4.74 Å². The Morgan fingerprint density at radius 2 is 2.11 bits per heavy atom. The molecule has 1 saturated carbocycles. The van der Waals surface area contributed by atoms with E-state index in [2.05, 4.69) is 12.2 Å². The van der Waals surface area contributed by atoms with Crippen molar-refractivity contribution in [1.82, 2.24) is 5.32 Å². The molecule has 106 valence electrons. The zero-order valence-electron chi connectivity index (χ0n) is 11.7. The number of nitrogens with one attached hydrogen (secondary N) is 1. The van der Waals surface area contributed by atoms with E-state index in [9.17, 15) is 5.11 Å². The van der Waals surface area contributed by atoms with Crippen LogP contribution in [0.5, 0.6) is 5.75 Å². The van der Waals surface area contributed by atoms with Gasteiger partial charge in [0.15, 0.2) is 0 Å². The lowest BCUT2D eigenvalue weighted by atomic mass is 9.98. The molecule has 0 spiro atoms. The Labute approximate surface area is 116 Å². The van der Waals surface area contributed by atoms with Crippen molar-refractivity contribution in [3.63, 3.8) is 0 Å². The second kappa shape index (κ2) is 7.51. The summed E-state index contributed by atoms with van der Waals surface area (Å²) in [6.45, 7) is 4.30. The predicted octanol–water partition coefficient (Wildman–Crippen LogP) is 2.45. The third kappa shape index (κ3) is 4.84. The minimum atomic E-state index is -0.447. The van der Waals surface area contributed by atoms with Gasteiger partial charge in [0, 0.05) is 6.54 Å². The fourth-order valence-electron chi connectivity index (χ4n) is 2.73. The second-order valence-electron chi connectivity index (χ2n) is 5.60. The lowest BCUT2D eigenvalue weighted by Gasteiger charge is -2.18. The van der Waals surface area contributed by atoms with Crippen LogP contribution in [0.3, 0.4) is 0 Å². The Kier molecular flexibility index (Phi) is 5.67. The number of rotatable bonds is 7. The third-order valence-electron chi connectivity index (χ3n) is 4.01. The largest absolute Gasteiger partial charge is 0.491 e. The SMILES string of the molecule is CC1CCCC1CNCC(O)COc1ccccc1. The smallest absolute Gasteiger partial charge is 0.119 e. The van der Waals surface area contributed by atoms with E-state index in [0.717, 1.165) is 24.1 Å². The standard InChI is InChI=1S/C16H25NO2/c1-13-6-5-7-14(13)10-17-11-15(18)12-19-16-8-3-2-4-9-16/h2-4,8-9,13-15,17-18H,5-7,10-12H2,1H3. The summed E-state index contributed by atoms with van der Waals surface area (Å²) < 4.78 is 5.52. The van der Waals surface area contributed by atoms with Crippen LogP contribution in [-0.4, -0.2) is 30.9 Å². The maximum atomic E-state index is 9.86. The van der Waals surface area contributed by atoms with Gasteiger partial charge in [0.25, 0.3) is 0 Å². The minimum Gasteiger partial charge on any atom is -0.491 e. The summed E-state index contributed by atoms with van der Waals surface area (Å²) in [5.74, 6) is 2.42. The van der Waals surface area contributed by atoms with Crippen LogP contribution < -0.4 is 10.1 Å². The molecule has 0 heterocycles. The maximum Gasteiger partial charge on any atom is 0.119 e. The van der Waals surface area contributed by atoms with E-state index < -0.39 is 6.10 Å². The summed E-state index contributed by atoms with van der Waals surface area (Å²) >= 11 is 0. The first-order valence-corrected chi connectivity index (χ1v) is 7.32. The van der Waals surface area contributed by atoms with Crippen LogP contribution in [0, 0.1) is 11.8 Å². The summed E-state index contributed by atoms with van der Waals surface area (Å²) in [6, 6.07) is 9.62. The topological polar surface area (TPSA) is 41.5 Å². The fraction of sp³-hybridized carbons (Fsp3) is 0.625. The maximum absolute atomic E-state index is 9.86. The second-order valence-corrected chi connectivity index (χ2v) is 5.60. The number of aliphatic hydroxyl groups is 1. The van der Waals surface area contributed by atoms with E-state index in [-0.39, 0.29) is 0 Å². The Morgan fingerprint density at radius 3 is 2.79 bits per heavy atom. The molecular formula is C16H25NO2. The zero-order valence-corrected chi connectivity index (χ0v) is 11.7. The molecule has 0 radical (unpaired) electrons. The number of benzene rings is 1. The molecule has 1 aliphatic rings. The number of hydrogen-bond acceptors (Lipinski definition) is 3. The lowest BCUT2D eigenvalue weighted by molar-refractivity contribution is 0.105.